The van der Waals surface area contributed by atoms with Gasteiger partial charge in [0.2, 0.25) is 11.8 Å². The van der Waals surface area contributed by atoms with Gasteiger partial charge in [0.15, 0.2) is 5.76 Å². The second-order valence-electron chi connectivity index (χ2n) is 14.8. The lowest BCUT2D eigenvalue weighted by Gasteiger charge is -2.28. The molecule has 0 radical (unpaired) electrons. The molecule has 3 aliphatic rings. The van der Waals surface area contributed by atoms with Crippen molar-refractivity contribution in [2.75, 3.05) is 18.4 Å². The zero-order valence-corrected chi connectivity index (χ0v) is 28.9. The van der Waals surface area contributed by atoms with E-state index < -0.39 is 23.3 Å². The highest BCUT2D eigenvalue weighted by Gasteiger charge is 2.38. The van der Waals surface area contributed by atoms with Crippen molar-refractivity contribution >= 4 is 35.2 Å². The smallest absolute Gasteiger partial charge is 0.410 e. The predicted molar refractivity (Wildman–Crippen MR) is 183 cm³/mol. The summed E-state index contributed by atoms with van der Waals surface area (Å²) >= 11 is 0. The van der Waals surface area contributed by atoms with Crippen molar-refractivity contribution in [1.29, 1.82) is 0 Å². The van der Waals surface area contributed by atoms with E-state index in [1.165, 1.54) is 4.90 Å². The molecular weight excluding hydrogens is 610 g/mol. The van der Waals surface area contributed by atoms with Gasteiger partial charge in [-0.3, -0.25) is 19.6 Å². The minimum Gasteiger partial charge on any atom is -0.444 e. The summed E-state index contributed by atoms with van der Waals surface area (Å²) < 4.78 is 17.5. The van der Waals surface area contributed by atoms with E-state index in [9.17, 15) is 14.4 Å². The first kappa shape index (κ1) is 33.2. The molecule has 11 heteroatoms. The van der Waals surface area contributed by atoms with Crippen LogP contribution in [0.5, 0.6) is 0 Å². The van der Waals surface area contributed by atoms with Crippen LogP contribution in [0.25, 0.3) is 22.8 Å². The molecule has 0 bridgehead atoms. The zero-order chi connectivity index (χ0) is 34.4. The Balaban J connectivity index is 1.16. The molecule has 1 N–H and O–H groups in total. The fraction of sp³-hybridized carbons (Fsp3) is 0.486. The summed E-state index contributed by atoms with van der Waals surface area (Å²) in [5, 5.41) is 3.02. The molecule has 2 atom stereocenters. The maximum absolute atomic E-state index is 13.4. The maximum Gasteiger partial charge on any atom is 0.410 e. The summed E-state index contributed by atoms with van der Waals surface area (Å²) in [4.78, 5) is 51.8. The molecule has 0 saturated carbocycles. The number of anilines is 1. The van der Waals surface area contributed by atoms with E-state index in [2.05, 4.69) is 16.4 Å². The SMILES string of the molecule is Cc1c(NC(=O)[C@@H]2CCCN2C(=O)OC(C)(C)C)cccc1-c1ncc(-c2ccc3c(c2)N=C([C@@H]2CCCN2C(=O)OC(C)(C)C)C3)o1. The number of aliphatic imine (C=N–C) groups is 1. The largest absolute Gasteiger partial charge is 0.444 e. The van der Waals surface area contributed by atoms with Crippen LogP contribution in [-0.2, 0) is 20.7 Å². The van der Waals surface area contributed by atoms with E-state index in [-0.39, 0.29) is 18.0 Å². The minimum atomic E-state index is -0.642. The molecule has 4 heterocycles. The van der Waals surface area contributed by atoms with Crippen molar-refractivity contribution in [1.82, 2.24) is 14.8 Å². The molecule has 254 valence electrons. The normalized spacial score (nSPS) is 19.3. The molecule has 3 amide bonds. The van der Waals surface area contributed by atoms with Gasteiger partial charge in [-0.15, -0.1) is 0 Å². The number of carbonyl (C=O) groups is 3. The summed E-state index contributed by atoms with van der Waals surface area (Å²) in [5.74, 6) is 0.774. The van der Waals surface area contributed by atoms with Crippen molar-refractivity contribution in [3.63, 3.8) is 0 Å². The lowest BCUT2D eigenvalue weighted by Crippen LogP contribution is -2.45. The van der Waals surface area contributed by atoms with Gasteiger partial charge in [-0.2, -0.15) is 0 Å². The van der Waals surface area contributed by atoms with Gasteiger partial charge >= 0.3 is 12.2 Å². The predicted octanol–water partition coefficient (Wildman–Crippen LogP) is 7.68. The molecule has 0 unspecified atom stereocenters. The molecule has 1 aromatic heterocycles. The highest BCUT2D eigenvalue weighted by Crippen LogP contribution is 2.37. The Labute approximate surface area is 281 Å². The standard InChI is InChI=1S/C37H45N5O6/c1-22-25(11-8-12-26(22)40-32(43)30-14-10-18-42(30)35(45)48-37(5,6)7)33-38-21-31(46-33)24-16-15-23-19-28(39-27(23)20-24)29-13-9-17-41(29)34(44)47-36(2,3)4/h8,11-12,15-16,20-21,29-30H,9-10,13-14,17-19H2,1-7H3,(H,40,43)/t29-,30-/m0/s1. The molecular formula is C37H45N5O6. The van der Waals surface area contributed by atoms with Gasteiger partial charge in [-0.25, -0.2) is 14.6 Å². The molecule has 48 heavy (non-hydrogen) atoms. The van der Waals surface area contributed by atoms with E-state index >= 15 is 0 Å². The minimum absolute atomic E-state index is 0.0719. The van der Waals surface area contributed by atoms with Crippen molar-refractivity contribution in [2.24, 2.45) is 4.99 Å². The number of fused-ring (bicyclic) bond motifs is 1. The van der Waals surface area contributed by atoms with Crippen LogP contribution in [0.4, 0.5) is 21.0 Å². The number of nitrogens with one attached hydrogen (secondary N) is 1. The highest BCUT2D eigenvalue weighted by atomic mass is 16.6. The molecule has 2 saturated heterocycles. The third-order valence-electron chi connectivity index (χ3n) is 8.78. The average molecular weight is 656 g/mol. The summed E-state index contributed by atoms with van der Waals surface area (Å²) in [5.41, 5.74) is 4.78. The number of benzene rings is 2. The Morgan fingerprint density at radius 2 is 1.60 bits per heavy atom. The van der Waals surface area contributed by atoms with Crippen LogP contribution in [-0.4, -0.2) is 75.0 Å². The highest BCUT2D eigenvalue weighted by molar-refractivity contribution is 6.00. The second kappa shape index (κ2) is 12.7. The van der Waals surface area contributed by atoms with Crippen molar-refractivity contribution < 1.29 is 28.3 Å². The summed E-state index contributed by atoms with van der Waals surface area (Å²) in [6.45, 7) is 14.1. The van der Waals surface area contributed by atoms with Gasteiger partial charge in [0, 0.05) is 42.0 Å². The quantitative estimate of drug-likeness (QED) is 0.299. The van der Waals surface area contributed by atoms with Gasteiger partial charge in [-0.1, -0.05) is 18.2 Å². The Kier molecular flexibility index (Phi) is 8.82. The third kappa shape index (κ3) is 7.10. The number of ether oxygens (including phenoxy) is 2. The molecule has 3 aromatic rings. The fourth-order valence-corrected chi connectivity index (χ4v) is 6.53. The van der Waals surface area contributed by atoms with E-state index in [4.69, 9.17) is 18.9 Å². The number of aromatic nitrogens is 1. The summed E-state index contributed by atoms with van der Waals surface area (Å²) in [7, 11) is 0. The number of oxazole rings is 1. The van der Waals surface area contributed by atoms with Gasteiger partial charge in [0.05, 0.1) is 17.9 Å². The average Bonchev–Trinajstić information content (AvgIpc) is 3.81. The Hall–Kier alpha value is -4.67. The lowest BCUT2D eigenvalue weighted by atomic mass is 10.0. The topological polar surface area (TPSA) is 127 Å². The fourth-order valence-electron chi connectivity index (χ4n) is 6.53. The van der Waals surface area contributed by atoms with Gasteiger partial charge in [0.25, 0.3) is 0 Å². The molecule has 0 spiro atoms. The number of amides is 3. The van der Waals surface area contributed by atoms with Crippen LogP contribution in [0.3, 0.4) is 0 Å². The van der Waals surface area contributed by atoms with E-state index in [1.54, 1.807) is 6.20 Å². The first-order chi connectivity index (χ1) is 22.7. The van der Waals surface area contributed by atoms with Gasteiger partial charge < -0.3 is 19.2 Å². The third-order valence-corrected chi connectivity index (χ3v) is 8.78. The van der Waals surface area contributed by atoms with Crippen molar-refractivity contribution in [3.05, 3.63) is 53.7 Å². The number of likely N-dealkylation sites (tertiary alicyclic amines) is 2. The second-order valence-corrected chi connectivity index (χ2v) is 14.8. The van der Waals surface area contributed by atoms with Crippen LogP contribution < -0.4 is 5.32 Å². The van der Waals surface area contributed by atoms with Crippen LogP contribution in [0, 0.1) is 6.92 Å². The lowest BCUT2D eigenvalue weighted by molar-refractivity contribution is -0.120. The first-order valence-corrected chi connectivity index (χ1v) is 16.7. The number of carbonyl (C=O) groups excluding carboxylic acids is 3. The van der Waals surface area contributed by atoms with Crippen molar-refractivity contribution in [2.45, 2.75) is 104 Å². The summed E-state index contributed by atoms with van der Waals surface area (Å²) in [6, 6.07) is 11.0. The number of hydrogen-bond donors (Lipinski definition) is 1. The first-order valence-electron chi connectivity index (χ1n) is 16.7. The number of rotatable bonds is 5. The van der Waals surface area contributed by atoms with Gasteiger partial charge in [0.1, 0.15) is 17.2 Å². The van der Waals surface area contributed by atoms with E-state index in [1.807, 2.05) is 83.7 Å². The van der Waals surface area contributed by atoms with Gasteiger partial charge in [-0.05, 0) is 103 Å². The zero-order valence-electron chi connectivity index (χ0n) is 28.9. The summed E-state index contributed by atoms with van der Waals surface area (Å²) in [6.07, 6.45) is 4.70. The molecule has 0 aliphatic carbocycles. The molecule has 3 aliphatic heterocycles. The monoisotopic (exact) mass is 655 g/mol. The molecule has 11 nitrogen and oxygen atoms in total. The number of nitrogens with zero attached hydrogens (tertiary/aromatic N) is 4. The van der Waals surface area contributed by atoms with Crippen LogP contribution in [0.1, 0.15) is 78.4 Å². The number of hydrogen-bond acceptors (Lipinski definition) is 8. The van der Waals surface area contributed by atoms with Crippen LogP contribution in [0.2, 0.25) is 0 Å². The van der Waals surface area contributed by atoms with Crippen LogP contribution in [0.15, 0.2) is 52.0 Å². The Morgan fingerprint density at radius 1 is 0.917 bits per heavy atom. The Bertz CT molecular complexity index is 1760. The van der Waals surface area contributed by atoms with E-state index in [0.717, 1.165) is 52.9 Å². The molecule has 6 rings (SSSR count). The maximum atomic E-state index is 13.4. The van der Waals surface area contributed by atoms with Crippen LogP contribution >= 0.6 is 0 Å². The Morgan fingerprint density at radius 3 is 2.33 bits per heavy atom. The van der Waals surface area contributed by atoms with E-state index in [0.29, 0.717) is 43.3 Å². The molecule has 2 fully saturated rings. The van der Waals surface area contributed by atoms with Crippen molar-refractivity contribution in [3.8, 4) is 22.8 Å². The molecule has 2 aromatic carbocycles.